The average Bonchev–Trinajstić information content (AvgIpc) is 3.23. The van der Waals surface area contributed by atoms with Gasteiger partial charge in [-0.1, -0.05) is 39.3 Å². The Morgan fingerprint density at radius 1 is 1.28 bits per heavy atom. The fourth-order valence-corrected chi connectivity index (χ4v) is 3.83. The van der Waals surface area contributed by atoms with Crippen LogP contribution < -0.4 is 16.0 Å². The van der Waals surface area contributed by atoms with Crippen molar-refractivity contribution in [2.75, 3.05) is 6.61 Å². The van der Waals surface area contributed by atoms with E-state index < -0.39 is 0 Å². The molecule has 2 heterocycles. The summed E-state index contributed by atoms with van der Waals surface area (Å²) in [6, 6.07) is 5.87. The second-order valence-corrected chi connectivity index (χ2v) is 8.26. The number of benzene rings is 1. The minimum atomic E-state index is -0.00739. The van der Waals surface area contributed by atoms with Crippen LogP contribution in [0.2, 0.25) is 0 Å². The number of hydrogen-bond donors (Lipinski definition) is 1. The first kappa shape index (κ1) is 21.3. The minimum absolute atomic E-state index is 0.00739. The minimum Gasteiger partial charge on any atom is -0.491 e. The van der Waals surface area contributed by atoms with E-state index >= 15 is 0 Å². The summed E-state index contributed by atoms with van der Waals surface area (Å²) in [5, 5.41) is 3.49. The standard InChI is InChI=1S/C23H29N3O2S/c1-4-5-10-28-22-20-11-17(6-8-18-14-29-15-25-18)7-9-19(20)23(27)26(13-16(2)3)21(22)12-24/h6-9,11,14-16H,4-5,10,12-13,24H2,1-3H3/b8-6+. The molecule has 0 saturated heterocycles. The number of nitrogens with two attached hydrogens (primary N) is 1. The molecular weight excluding hydrogens is 382 g/mol. The van der Waals surface area contributed by atoms with E-state index in [1.807, 2.05) is 41.2 Å². The molecule has 1 aromatic carbocycles. The maximum absolute atomic E-state index is 13.2. The Balaban J connectivity index is 2.15. The van der Waals surface area contributed by atoms with Crippen molar-refractivity contribution < 1.29 is 4.74 Å². The van der Waals surface area contributed by atoms with Gasteiger partial charge in [-0.15, -0.1) is 11.3 Å². The van der Waals surface area contributed by atoms with Crippen molar-refractivity contribution in [1.82, 2.24) is 9.55 Å². The van der Waals surface area contributed by atoms with E-state index in [0.29, 0.717) is 24.5 Å². The number of unbranched alkanes of at least 4 members (excludes halogenated alkanes) is 1. The van der Waals surface area contributed by atoms with Gasteiger partial charge in [0.1, 0.15) is 5.75 Å². The molecule has 0 aliphatic rings. The molecule has 0 fully saturated rings. The molecule has 3 rings (SSSR count). The molecule has 0 aliphatic carbocycles. The first-order chi connectivity index (χ1) is 14.0. The number of nitrogens with zero attached hydrogens (tertiary/aromatic N) is 2. The third-order valence-corrected chi connectivity index (χ3v) is 5.34. The van der Waals surface area contributed by atoms with E-state index in [-0.39, 0.29) is 12.1 Å². The molecule has 29 heavy (non-hydrogen) atoms. The number of aromatic nitrogens is 2. The van der Waals surface area contributed by atoms with Crippen LogP contribution >= 0.6 is 11.3 Å². The maximum atomic E-state index is 13.2. The predicted molar refractivity (Wildman–Crippen MR) is 122 cm³/mol. The first-order valence-electron chi connectivity index (χ1n) is 10.1. The van der Waals surface area contributed by atoms with Crippen molar-refractivity contribution in [3.63, 3.8) is 0 Å². The van der Waals surface area contributed by atoms with Gasteiger partial charge in [-0.3, -0.25) is 4.79 Å². The zero-order valence-corrected chi connectivity index (χ0v) is 18.2. The van der Waals surface area contributed by atoms with Gasteiger partial charge in [0.15, 0.2) is 0 Å². The van der Waals surface area contributed by atoms with Crippen LogP contribution in [0.3, 0.4) is 0 Å². The van der Waals surface area contributed by atoms with Crippen LogP contribution in [0, 0.1) is 5.92 Å². The Morgan fingerprint density at radius 3 is 2.76 bits per heavy atom. The highest BCUT2D eigenvalue weighted by atomic mass is 32.1. The summed E-state index contributed by atoms with van der Waals surface area (Å²) in [5.74, 6) is 1.07. The lowest BCUT2D eigenvalue weighted by atomic mass is 10.0. The quantitative estimate of drug-likeness (QED) is 0.507. The number of ether oxygens (including phenoxy) is 1. The van der Waals surface area contributed by atoms with Crippen molar-refractivity contribution in [1.29, 1.82) is 0 Å². The third kappa shape index (κ3) is 4.95. The molecule has 154 valence electrons. The molecule has 0 saturated carbocycles. The number of fused-ring (bicyclic) bond motifs is 1. The summed E-state index contributed by atoms with van der Waals surface area (Å²) in [5.41, 5.74) is 10.6. The molecule has 0 atom stereocenters. The van der Waals surface area contributed by atoms with Crippen LogP contribution in [-0.2, 0) is 13.1 Å². The van der Waals surface area contributed by atoms with Gasteiger partial charge in [0.05, 0.1) is 28.9 Å². The Kier molecular flexibility index (Phi) is 7.23. The van der Waals surface area contributed by atoms with Crippen LogP contribution in [0.5, 0.6) is 5.75 Å². The molecule has 0 unspecified atom stereocenters. The largest absolute Gasteiger partial charge is 0.491 e. The van der Waals surface area contributed by atoms with E-state index in [1.165, 1.54) is 0 Å². The molecule has 0 bridgehead atoms. The van der Waals surface area contributed by atoms with Crippen LogP contribution in [0.25, 0.3) is 22.9 Å². The number of thiazole rings is 1. The fourth-order valence-electron chi connectivity index (χ4n) is 3.31. The molecule has 5 nitrogen and oxygen atoms in total. The van der Waals surface area contributed by atoms with Gasteiger partial charge < -0.3 is 15.0 Å². The average molecular weight is 412 g/mol. The Bertz CT molecular complexity index is 1040. The molecule has 2 aromatic heterocycles. The van der Waals surface area contributed by atoms with Crippen LogP contribution in [0.15, 0.2) is 33.9 Å². The SMILES string of the molecule is CCCCOc1c(CN)n(CC(C)C)c(=O)c2ccc(/C=C/c3cscn3)cc12. The molecule has 2 N–H and O–H groups in total. The topological polar surface area (TPSA) is 70.1 Å². The first-order valence-corrected chi connectivity index (χ1v) is 11.1. The summed E-state index contributed by atoms with van der Waals surface area (Å²) in [6.45, 7) is 7.82. The summed E-state index contributed by atoms with van der Waals surface area (Å²) >= 11 is 1.56. The van der Waals surface area contributed by atoms with E-state index in [0.717, 1.165) is 40.9 Å². The van der Waals surface area contributed by atoms with Crippen molar-refractivity contribution >= 4 is 34.3 Å². The molecule has 3 aromatic rings. The van der Waals surface area contributed by atoms with Crippen molar-refractivity contribution in [2.45, 2.75) is 46.7 Å². The van der Waals surface area contributed by atoms with E-state index in [4.69, 9.17) is 10.5 Å². The van der Waals surface area contributed by atoms with E-state index in [1.54, 1.807) is 15.9 Å². The highest BCUT2D eigenvalue weighted by Crippen LogP contribution is 2.30. The molecular formula is C23H29N3O2S. The van der Waals surface area contributed by atoms with Gasteiger partial charge in [0, 0.05) is 23.9 Å². The molecule has 0 radical (unpaired) electrons. The normalized spacial score (nSPS) is 11.8. The number of pyridine rings is 1. The molecule has 0 spiro atoms. The summed E-state index contributed by atoms with van der Waals surface area (Å²) in [4.78, 5) is 17.5. The van der Waals surface area contributed by atoms with Gasteiger partial charge in [-0.2, -0.15) is 0 Å². The van der Waals surface area contributed by atoms with Gasteiger partial charge in [0.2, 0.25) is 0 Å². The number of hydrogen-bond acceptors (Lipinski definition) is 5. The van der Waals surface area contributed by atoms with Gasteiger partial charge in [-0.05, 0) is 36.1 Å². The Labute approximate surface area is 175 Å². The molecule has 0 aliphatic heterocycles. The van der Waals surface area contributed by atoms with Crippen LogP contribution in [-0.4, -0.2) is 16.2 Å². The summed E-state index contributed by atoms with van der Waals surface area (Å²) in [6.07, 6.45) is 5.98. The van der Waals surface area contributed by atoms with Crippen LogP contribution in [0.1, 0.15) is 50.6 Å². The highest BCUT2D eigenvalue weighted by molar-refractivity contribution is 7.07. The Hall–Kier alpha value is -2.44. The summed E-state index contributed by atoms with van der Waals surface area (Å²) in [7, 11) is 0. The van der Waals surface area contributed by atoms with Crippen molar-refractivity contribution in [3.8, 4) is 5.75 Å². The van der Waals surface area contributed by atoms with Crippen molar-refractivity contribution in [2.24, 2.45) is 11.7 Å². The summed E-state index contributed by atoms with van der Waals surface area (Å²) < 4.78 is 7.98. The Morgan fingerprint density at radius 2 is 2.10 bits per heavy atom. The van der Waals surface area contributed by atoms with E-state index in [9.17, 15) is 4.79 Å². The zero-order valence-electron chi connectivity index (χ0n) is 17.4. The number of rotatable bonds is 9. The van der Waals surface area contributed by atoms with Crippen molar-refractivity contribution in [3.05, 3.63) is 56.4 Å². The monoisotopic (exact) mass is 411 g/mol. The van der Waals surface area contributed by atoms with Gasteiger partial charge in [0.25, 0.3) is 5.56 Å². The molecule has 0 amide bonds. The second-order valence-electron chi connectivity index (χ2n) is 7.54. The smallest absolute Gasteiger partial charge is 0.258 e. The maximum Gasteiger partial charge on any atom is 0.258 e. The third-order valence-electron chi connectivity index (χ3n) is 4.74. The predicted octanol–water partition coefficient (Wildman–Crippen LogP) is 4.92. The van der Waals surface area contributed by atoms with Crippen LogP contribution in [0.4, 0.5) is 0 Å². The molecule has 6 heteroatoms. The lowest BCUT2D eigenvalue weighted by molar-refractivity contribution is 0.304. The van der Waals surface area contributed by atoms with Gasteiger partial charge in [-0.25, -0.2) is 4.98 Å². The van der Waals surface area contributed by atoms with Gasteiger partial charge >= 0.3 is 0 Å². The lowest BCUT2D eigenvalue weighted by Crippen LogP contribution is -2.28. The second kappa shape index (κ2) is 9.85. The lowest BCUT2D eigenvalue weighted by Gasteiger charge is -2.20. The zero-order chi connectivity index (χ0) is 20.8. The highest BCUT2D eigenvalue weighted by Gasteiger charge is 2.18. The van der Waals surface area contributed by atoms with E-state index in [2.05, 4.69) is 25.8 Å². The fraction of sp³-hybridized carbons (Fsp3) is 0.391.